The topological polar surface area (TPSA) is 67.9 Å². The van der Waals surface area contributed by atoms with Crippen molar-refractivity contribution in [1.82, 2.24) is 10.2 Å². The van der Waals surface area contributed by atoms with Crippen LogP contribution < -0.4 is 14.8 Å². The fraction of sp³-hybridized carbons (Fsp3) is 0.667. The predicted octanol–water partition coefficient (Wildman–Crippen LogP) is 3.57. The Balaban J connectivity index is 1.55. The van der Waals surface area contributed by atoms with Gasteiger partial charge in [0.05, 0.1) is 13.2 Å². The van der Waals surface area contributed by atoms with E-state index in [1.54, 1.807) is 0 Å². The zero-order chi connectivity index (χ0) is 21.9. The average Bonchev–Trinajstić information content (AvgIpc) is 2.92. The first kappa shape index (κ1) is 22.4. The maximum atomic E-state index is 12.8. The molecule has 30 heavy (non-hydrogen) atoms. The molecule has 1 aromatic rings. The Morgan fingerprint density at radius 2 is 1.80 bits per heavy atom. The first-order valence-corrected chi connectivity index (χ1v) is 11.1. The van der Waals surface area contributed by atoms with Crippen LogP contribution in [0.4, 0.5) is 0 Å². The second-order valence-electron chi connectivity index (χ2n) is 9.80. The van der Waals surface area contributed by atoms with E-state index in [1.807, 2.05) is 36.9 Å². The van der Waals surface area contributed by atoms with Crippen LogP contribution in [0.15, 0.2) is 18.2 Å². The van der Waals surface area contributed by atoms with Crippen LogP contribution in [-0.2, 0) is 16.0 Å². The summed E-state index contributed by atoms with van der Waals surface area (Å²) in [4.78, 5) is 27.2. The smallest absolute Gasteiger partial charge is 0.312 e. The Kier molecular flexibility index (Phi) is 6.63. The summed E-state index contributed by atoms with van der Waals surface area (Å²) in [6.07, 6.45) is 3.69. The van der Waals surface area contributed by atoms with E-state index in [2.05, 4.69) is 26.1 Å². The number of rotatable bonds is 7. The van der Waals surface area contributed by atoms with Crippen LogP contribution in [-0.4, -0.2) is 49.1 Å². The van der Waals surface area contributed by atoms with E-state index in [-0.39, 0.29) is 22.8 Å². The molecule has 2 bridgehead atoms. The highest BCUT2D eigenvalue weighted by molar-refractivity contribution is 6.35. The number of carbonyl (C=O) groups excluding carboxylic acids is 2. The number of nitrogens with one attached hydrogen (secondary N) is 1. The molecule has 2 fully saturated rings. The van der Waals surface area contributed by atoms with E-state index in [0.717, 1.165) is 30.6 Å². The van der Waals surface area contributed by atoms with Gasteiger partial charge in [0.2, 0.25) is 0 Å². The van der Waals surface area contributed by atoms with Crippen LogP contribution in [0.5, 0.6) is 11.5 Å². The zero-order valence-corrected chi connectivity index (χ0v) is 19.0. The lowest BCUT2D eigenvalue weighted by Crippen LogP contribution is -2.46. The van der Waals surface area contributed by atoms with E-state index in [1.165, 1.54) is 0 Å². The molecule has 1 heterocycles. The van der Waals surface area contributed by atoms with Gasteiger partial charge in [-0.05, 0) is 68.1 Å². The van der Waals surface area contributed by atoms with Gasteiger partial charge >= 0.3 is 11.8 Å². The van der Waals surface area contributed by atoms with Crippen molar-refractivity contribution >= 4 is 11.8 Å². The Labute approximate surface area is 180 Å². The van der Waals surface area contributed by atoms with Crippen LogP contribution in [0.3, 0.4) is 0 Å². The second kappa shape index (κ2) is 8.86. The lowest BCUT2D eigenvalue weighted by Gasteiger charge is -2.39. The molecule has 6 heteroatoms. The van der Waals surface area contributed by atoms with Crippen molar-refractivity contribution in [2.45, 2.75) is 66.3 Å². The monoisotopic (exact) mass is 416 g/mol. The molecule has 2 atom stereocenters. The number of ether oxygens (including phenoxy) is 2. The van der Waals surface area contributed by atoms with Gasteiger partial charge < -0.3 is 19.7 Å². The van der Waals surface area contributed by atoms with Crippen molar-refractivity contribution in [2.24, 2.45) is 10.8 Å². The van der Waals surface area contributed by atoms with Crippen molar-refractivity contribution < 1.29 is 19.1 Å². The average molecular weight is 417 g/mol. The molecule has 2 amide bonds. The Morgan fingerprint density at radius 3 is 2.50 bits per heavy atom. The molecule has 0 aromatic heterocycles. The SMILES string of the molecule is CCOc1ccc(CCNC(=O)C(=O)N2CC3(C)CC2CC(C)(C)C3)cc1OCC. The van der Waals surface area contributed by atoms with Crippen molar-refractivity contribution in [1.29, 1.82) is 0 Å². The van der Waals surface area contributed by atoms with E-state index in [4.69, 9.17) is 9.47 Å². The molecule has 1 aliphatic carbocycles. The Morgan fingerprint density at radius 1 is 1.10 bits per heavy atom. The van der Waals surface area contributed by atoms with Gasteiger partial charge in [0, 0.05) is 19.1 Å². The minimum absolute atomic E-state index is 0.125. The molecule has 1 N–H and O–H groups in total. The van der Waals surface area contributed by atoms with E-state index >= 15 is 0 Å². The minimum Gasteiger partial charge on any atom is -0.490 e. The molecule has 6 nitrogen and oxygen atoms in total. The lowest BCUT2D eigenvalue weighted by atomic mass is 9.65. The summed E-state index contributed by atoms with van der Waals surface area (Å²) >= 11 is 0. The molecule has 2 unspecified atom stereocenters. The standard InChI is InChI=1S/C24H36N2O4/c1-6-29-19-9-8-17(12-20(19)30-7-2)10-11-25-21(27)22(28)26-16-24(5)14-18(26)13-23(3,4)15-24/h8-9,12,18H,6-7,10-11,13-16H2,1-5H3,(H,25,27). The summed E-state index contributed by atoms with van der Waals surface area (Å²) in [6.45, 7) is 12.9. The van der Waals surface area contributed by atoms with Crippen molar-refractivity contribution in [3.8, 4) is 11.5 Å². The zero-order valence-electron chi connectivity index (χ0n) is 19.0. The van der Waals surface area contributed by atoms with E-state index in [0.29, 0.717) is 38.5 Å². The van der Waals surface area contributed by atoms with Gasteiger partial charge in [-0.3, -0.25) is 9.59 Å². The third-order valence-corrected chi connectivity index (χ3v) is 6.18. The maximum Gasteiger partial charge on any atom is 0.312 e. The largest absolute Gasteiger partial charge is 0.490 e. The van der Waals surface area contributed by atoms with Crippen LogP contribution in [0.2, 0.25) is 0 Å². The van der Waals surface area contributed by atoms with Gasteiger partial charge in [-0.25, -0.2) is 0 Å². The number of likely N-dealkylation sites (tertiary alicyclic amines) is 1. The van der Waals surface area contributed by atoms with Crippen molar-refractivity contribution in [3.63, 3.8) is 0 Å². The number of fused-ring (bicyclic) bond motifs is 2. The molecular weight excluding hydrogens is 380 g/mol. The summed E-state index contributed by atoms with van der Waals surface area (Å²) in [6, 6.07) is 5.98. The molecule has 1 aromatic carbocycles. The minimum atomic E-state index is -0.500. The van der Waals surface area contributed by atoms with Crippen LogP contribution in [0.1, 0.15) is 59.4 Å². The third kappa shape index (κ3) is 5.08. The molecule has 1 aliphatic heterocycles. The highest BCUT2D eigenvalue weighted by Crippen LogP contribution is 2.52. The quantitative estimate of drug-likeness (QED) is 0.690. The summed E-state index contributed by atoms with van der Waals surface area (Å²) in [5.41, 5.74) is 1.37. The lowest BCUT2D eigenvalue weighted by molar-refractivity contribution is -0.146. The summed E-state index contributed by atoms with van der Waals surface area (Å²) in [7, 11) is 0. The van der Waals surface area contributed by atoms with Crippen LogP contribution in [0, 0.1) is 10.8 Å². The number of amides is 2. The van der Waals surface area contributed by atoms with Gasteiger partial charge in [-0.15, -0.1) is 0 Å². The molecule has 0 spiro atoms. The molecule has 2 aliphatic rings. The predicted molar refractivity (Wildman–Crippen MR) is 117 cm³/mol. The molecule has 1 saturated carbocycles. The third-order valence-electron chi connectivity index (χ3n) is 6.18. The second-order valence-corrected chi connectivity index (χ2v) is 9.80. The summed E-state index contributed by atoms with van der Waals surface area (Å²) in [5.74, 6) is 0.543. The van der Waals surface area contributed by atoms with Crippen LogP contribution in [0.25, 0.3) is 0 Å². The van der Waals surface area contributed by atoms with Gasteiger partial charge in [0.1, 0.15) is 0 Å². The molecule has 3 rings (SSSR count). The molecule has 166 valence electrons. The molecule has 1 saturated heterocycles. The Bertz CT molecular complexity index is 791. The van der Waals surface area contributed by atoms with Crippen LogP contribution >= 0.6 is 0 Å². The summed E-state index contributed by atoms with van der Waals surface area (Å²) < 4.78 is 11.2. The van der Waals surface area contributed by atoms with Crippen molar-refractivity contribution in [3.05, 3.63) is 23.8 Å². The number of hydrogen-bond acceptors (Lipinski definition) is 4. The highest BCUT2D eigenvalue weighted by atomic mass is 16.5. The van der Waals surface area contributed by atoms with E-state index < -0.39 is 5.91 Å². The molecule has 0 radical (unpaired) electrons. The highest BCUT2D eigenvalue weighted by Gasteiger charge is 2.51. The first-order chi connectivity index (χ1) is 14.2. The van der Waals surface area contributed by atoms with Gasteiger partial charge in [0.25, 0.3) is 0 Å². The first-order valence-electron chi connectivity index (χ1n) is 11.1. The molecular formula is C24H36N2O4. The maximum absolute atomic E-state index is 12.8. The van der Waals surface area contributed by atoms with Gasteiger partial charge in [0.15, 0.2) is 11.5 Å². The number of carbonyl (C=O) groups is 2. The summed E-state index contributed by atoms with van der Waals surface area (Å²) in [5, 5.41) is 2.81. The number of hydrogen-bond donors (Lipinski definition) is 1. The normalized spacial score (nSPS) is 24.4. The Hall–Kier alpha value is -2.24. The number of benzene rings is 1. The van der Waals surface area contributed by atoms with Gasteiger partial charge in [-0.2, -0.15) is 0 Å². The fourth-order valence-corrected chi connectivity index (χ4v) is 5.47. The van der Waals surface area contributed by atoms with Gasteiger partial charge in [-0.1, -0.05) is 26.8 Å². The van der Waals surface area contributed by atoms with E-state index in [9.17, 15) is 9.59 Å². The fourth-order valence-electron chi connectivity index (χ4n) is 5.47. The van der Waals surface area contributed by atoms with Crippen molar-refractivity contribution in [2.75, 3.05) is 26.3 Å². The number of nitrogens with zero attached hydrogens (tertiary/aromatic N) is 1.